The maximum Gasteiger partial charge on any atom is 0.238 e. The summed E-state index contributed by atoms with van der Waals surface area (Å²) in [5, 5.41) is 6.19. The van der Waals surface area contributed by atoms with E-state index >= 15 is 0 Å². The normalized spacial score (nSPS) is 15.4. The van der Waals surface area contributed by atoms with E-state index in [1.54, 1.807) is 0 Å². The largest absolute Gasteiger partial charge is 0.325 e. The van der Waals surface area contributed by atoms with Crippen molar-refractivity contribution in [2.75, 3.05) is 31.5 Å². The summed E-state index contributed by atoms with van der Waals surface area (Å²) < 4.78 is 1.06. The molecule has 0 saturated carbocycles. The summed E-state index contributed by atoms with van der Waals surface area (Å²) in [4.78, 5) is 14.2. The first-order valence-electron chi connectivity index (χ1n) is 6.61. The molecule has 1 fully saturated rings. The number of amides is 1. The third kappa shape index (κ3) is 3.78. The minimum absolute atomic E-state index is 0.0514. The van der Waals surface area contributed by atoms with Crippen LogP contribution >= 0.6 is 15.9 Å². The van der Waals surface area contributed by atoms with Crippen molar-refractivity contribution < 1.29 is 4.79 Å². The van der Waals surface area contributed by atoms with Crippen molar-refractivity contribution in [2.45, 2.75) is 19.9 Å². The van der Waals surface area contributed by atoms with Gasteiger partial charge in [0.2, 0.25) is 5.91 Å². The molecule has 0 atom stereocenters. The Bertz CT molecular complexity index is 460. The fourth-order valence-electron chi connectivity index (χ4n) is 2.14. The van der Waals surface area contributed by atoms with Gasteiger partial charge < -0.3 is 10.6 Å². The summed E-state index contributed by atoms with van der Waals surface area (Å²) >= 11 is 3.46. The lowest BCUT2D eigenvalue weighted by atomic mass is 10.1. The molecule has 1 saturated heterocycles. The van der Waals surface area contributed by atoms with Crippen molar-refractivity contribution in [1.29, 1.82) is 0 Å². The van der Waals surface area contributed by atoms with Crippen LogP contribution in [0.2, 0.25) is 0 Å². The average Bonchev–Trinajstić information content (AvgIpc) is 2.30. The van der Waals surface area contributed by atoms with Crippen LogP contribution in [-0.2, 0) is 4.79 Å². The van der Waals surface area contributed by atoms with Crippen LogP contribution in [0.5, 0.6) is 0 Å². The first kappa shape index (κ1) is 14.5. The number of hydrogen-bond donors (Lipinski definition) is 2. The van der Waals surface area contributed by atoms with Gasteiger partial charge in [0.1, 0.15) is 0 Å². The third-order valence-electron chi connectivity index (χ3n) is 3.47. The maximum absolute atomic E-state index is 12.0. The number of carbonyl (C=O) groups excluding carboxylic acids is 1. The molecule has 0 unspecified atom stereocenters. The summed E-state index contributed by atoms with van der Waals surface area (Å²) in [6, 6.07) is 6.35. The molecule has 0 aliphatic carbocycles. The molecule has 5 heteroatoms. The van der Waals surface area contributed by atoms with E-state index in [-0.39, 0.29) is 5.91 Å². The van der Waals surface area contributed by atoms with E-state index in [0.29, 0.717) is 12.6 Å². The highest BCUT2D eigenvalue weighted by Gasteiger charge is 2.24. The second-order valence-corrected chi connectivity index (χ2v) is 5.74. The Labute approximate surface area is 122 Å². The predicted octanol–water partition coefficient (Wildman–Crippen LogP) is 1.99. The van der Waals surface area contributed by atoms with E-state index in [2.05, 4.69) is 38.4 Å². The minimum atomic E-state index is 0.0514. The zero-order chi connectivity index (χ0) is 13.8. The molecule has 0 bridgehead atoms. The van der Waals surface area contributed by atoms with E-state index in [9.17, 15) is 4.79 Å². The Kier molecular flexibility index (Phi) is 4.96. The molecule has 1 aliphatic heterocycles. The van der Waals surface area contributed by atoms with Crippen LogP contribution in [-0.4, -0.2) is 43.0 Å². The Balaban J connectivity index is 1.90. The predicted molar refractivity (Wildman–Crippen MR) is 81.4 cm³/mol. The highest BCUT2D eigenvalue weighted by atomic mass is 79.9. The van der Waals surface area contributed by atoms with Crippen molar-refractivity contribution >= 4 is 27.5 Å². The molecule has 4 nitrogen and oxygen atoms in total. The van der Waals surface area contributed by atoms with Gasteiger partial charge in [-0.05, 0) is 37.2 Å². The van der Waals surface area contributed by atoms with Gasteiger partial charge in [-0.25, -0.2) is 0 Å². The Morgan fingerprint density at radius 1 is 1.53 bits per heavy atom. The van der Waals surface area contributed by atoms with Gasteiger partial charge >= 0.3 is 0 Å². The quantitative estimate of drug-likeness (QED) is 0.870. The molecule has 2 rings (SSSR count). The van der Waals surface area contributed by atoms with E-state index in [1.165, 1.54) is 0 Å². The smallest absolute Gasteiger partial charge is 0.238 e. The van der Waals surface area contributed by atoms with Gasteiger partial charge in [-0.1, -0.05) is 22.9 Å². The van der Waals surface area contributed by atoms with E-state index < -0.39 is 0 Å². The summed E-state index contributed by atoms with van der Waals surface area (Å²) in [6.45, 7) is 7.43. The van der Waals surface area contributed by atoms with Crippen molar-refractivity contribution in [2.24, 2.45) is 0 Å². The first-order chi connectivity index (χ1) is 9.10. The van der Waals surface area contributed by atoms with Crippen molar-refractivity contribution in [3.8, 4) is 0 Å². The lowest BCUT2D eigenvalue weighted by Gasteiger charge is -2.37. The Morgan fingerprint density at radius 3 is 2.79 bits per heavy atom. The SMILES string of the molecule is CCN(CC(=O)Nc1ccc(Br)c(C)c1)C1CNC1. The van der Waals surface area contributed by atoms with E-state index in [0.717, 1.165) is 35.4 Å². The molecule has 1 aromatic rings. The summed E-state index contributed by atoms with van der Waals surface area (Å²) in [5.74, 6) is 0.0514. The molecule has 0 aromatic heterocycles. The van der Waals surface area contributed by atoms with Crippen LogP contribution in [0.3, 0.4) is 0 Å². The standard InChI is InChI=1S/C14H20BrN3O/c1-3-18(12-7-16-8-12)9-14(19)17-11-4-5-13(15)10(2)6-11/h4-6,12,16H,3,7-9H2,1-2H3,(H,17,19). The Hall–Kier alpha value is -0.910. The number of hydrogen-bond acceptors (Lipinski definition) is 3. The molecule has 19 heavy (non-hydrogen) atoms. The Morgan fingerprint density at radius 2 is 2.26 bits per heavy atom. The second-order valence-electron chi connectivity index (χ2n) is 4.89. The van der Waals surface area contributed by atoms with Crippen LogP contribution in [0.15, 0.2) is 22.7 Å². The van der Waals surface area contributed by atoms with Crippen LogP contribution in [0.1, 0.15) is 12.5 Å². The molecule has 0 radical (unpaired) electrons. The number of rotatable bonds is 5. The van der Waals surface area contributed by atoms with Gasteiger partial charge in [-0.15, -0.1) is 0 Å². The zero-order valence-electron chi connectivity index (χ0n) is 11.4. The number of carbonyl (C=O) groups is 1. The fraction of sp³-hybridized carbons (Fsp3) is 0.500. The van der Waals surface area contributed by atoms with Gasteiger partial charge in [0.15, 0.2) is 0 Å². The molecule has 1 aliphatic rings. The van der Waals surface area contributed by atoms with Gasteiger partial charge in [-0.2, -0.15) is 0 Å². The van der Waals surface area contributed by atoms with Crippen molar-refractivity contribution in [3.05, 3.63) is 28.2 Å². The molecule has 104 valence electrons. The second kappa shape index (κ2) is 6.50. The number of halogens is 1. The topological polar surface area (TPSA) is 44.4 Å². The van der Waals surface area contributed by atoms with Gasteiger partial charge in [-0.3, -0.25) is 9.69 Å². The number of aryl methyl sites for hydroxylation is 1. The zero-order valence-corrected chi connectivity index (χ0v) is 13.0. The highest BCUT2D eigenvalue weighted by molar-refractivity contribution is 9.10. The fourth-order valence-corrected chi connectivity index (χ4v) is 2.38. The molecule has 1 heterocycles. The number of anilines is 1. The number of nitrogens with one attached hydrogen (secondary N) is 2. The lowest BCUT2D eigenvalue weighted by molar-refractivity contribution is -0.118. The molecule has 1 aromatic carbocycles. The minimum Gasteiger partial charge on any atom is -0.325 e. The van der Waals surface area contributed by atoms with E-state index in [4.69, 9.17) is 0 Å². The lowest BCUT2D eigenvalue weighted by Crippen LogP contribution is -2.58. The summed E-state index contributed by atoms with van der Waals surface area (Å²) in [6.07, 6.45) is 0. The number of nitrogens with zero attached hydrogens (tertiary/aromatic N) is 1. The van der Waals surface area contributed by atoms with Crippen LogP contribution in [0.25, 0.3) is 0 Å². The van der Waals surface area contributed by atoms with E-state index in [1.807, 2.05) is 25.1 Å². The molecule has 2 N–H and O–H groups in total. The molecular weight excluding hydrogens is 306 g/mol. The van der Waals surface area contributed by atoms with Crippen molar-refractivity contribution in [1.82, 2.24) is 10.2 Å². The first-order valence-corrected chi connectivity index (χ1v) is 7.40. The molecular formula is C14H20BrN3O. The van der Waals surface area contributed by atoms with Gasteiger partial charge in [0.05, 0.1) is 6.54 Å². The molecule has 1 amide bonds. The third-order valence-corrected chi connectivity index (χ3v) is 4.36. The van der Waals surface area contributed by atoms with Crippen LogP contribution in [0.4, 0.5) is 5.69 Å². The van der Waals surface area contributed by atoms with Gasteiger partial charge in [0, 0.05) is 29.3 Å². The summed E-state index contributed by atoms with van der Waals surface area (Å²) in [7, 11) is 0. The number of likely N-dealkylation sites (N-methyl/N-ethyl adjacent to an activating group) is 1. The van der Waals surface area contributed by atoms with Crippen LogP contribution < -0.4 is 10.6 Å². The molecule has 0 spiro atoms. The maximum atomic E-state index is 12.0. The monoisotopic (exact) mass is 325 g/mol. The van der Waals surface area contributed by atoms with Crippen molar-refractivity contribution in [3.63, 3.8) is 0 Å². The number of benzene rings is 1. The average molecular weight is 326 g/mol. The van der Waals surface area contributed by atoms with Crippen LogP contribution in [0, 0.1) is 6.92 Å². The van der Waals surface area contributed by atoms with Gasteiger partial charge in [0.25, 0.3) is 0 Å². The summed E-state index contributed by atoms with van der Waals surface area (Å²) in [5.41, 5.74) is 1.97. The highest BCUT2D eigenvalue weighted by Crippen LogP contribution is 2.20.